The minimum atomic E-state index is 0.238. The Morgan fingerprint density at radius 3 is 2.17 bits per heavy atom. The van der Waals surface area contributed by atoms with Crippen LogP contribution in [0.1, 0.15) is 13.8 Å². The van der Waals surface area contributed by atoms with E-state index in [4.69, 9.17) is 12.0 Å². The van der Waals surface area contributed by atoms with Gasteiger partial charge in [0.2, 0.25) is 0 Å². The minimum absolute atomic E-state index is 0.238. The van der Waals surface area contributed by atoms with Crippen molar-refractivity contribution in [2.24, 2.45) is 0 Å². The zero-order valence-electron chi connectivity index (χ0n) is 7.60. The van der Waals surface area contributed by atoms with Gasteiger partial charge in [0.15, 0.2) is 0 Å². The second-order valence-corrected chi connectivity index (χ2v) is 2.48. The zero-order valence-corrected chi connectivity index (χ0v) is 7.60. The van der Waals surface area contributed by atoms with Gasteiger partial charge in [-0.25, -0.2) is 0 Å². The van der Waals surface area contributed by atoms with Gasteiger partial charge in [0.25, 0.3) is 0 Å². The van der Waals surface area contributed by atoms with E-state index in [1.807, 2.05) is 40.6 Å². The van der Waals surface area contributed by atoms with Gasteiger partial charge in [-0.15, -0.1) is 0 Å². The SMILES string of the molecule is [B]=BB=BB=BB=BOC(C)C. The molecule has 0 aliphatic carbocycles. The first-order valence-corrected chi connectivity index (χ1v) is 3.96. The van der Waals surface area contributed by atoms with E-state index in [1.165, 1.54) is 6.69 Å². The Morgan fingerprint density at radius 2 is 1.58 bits per heavy atom. The first-order valence-electron chi connectivity index (χ1n) is 3.96. The number of hydrogen-bond donors (Lipinski definition) is 0. The van der Waals surface area contributed by atoms with Crippen molar-refractivity contribution in [3.8, 4) is 0 Å². The Labute approximate surface area is 79.6 Å². The van der Waals surface area contributed by atoms with Crippen molar-refractivity contribution in [1.82, 2.24) is 0 Å². The Morgan fingerprint density at radius 1 is 1.00 bits per heavy atom. The van der Waals surface area contributed by atoms with Crippen molar-refractivity contribution < 1.29 is 4.65 Å². The monoisotopic (exact) mass is 147 g/mol. The van der Waals surface area contributed by atoms with E-state index in [9.17, 15) is 0 Å². The van der Waals surface area contributed by atoms with E-state index in [0.717, 1.165) is 0 Å². The summed E-state index contributed by atoms with van der Waals surface area (Å²) in [7, 11) is 6.79. The normalized spacial score (nSPS) is 7.83. The van der Waals surface area contributed by atoms with Crippen molar-refractivity contribution in [2.45, 2.75) is 20.0 Å². The molecular formula is C3H7B8O. The summed E-state index contributed by atoms with van der Waals surface area (Å²) in [6, 6.07) is 0. The Kier molecular flexibility index (Phi) is 9.66. The van der Waals surface area contributed by atoms with Crippen molar-refractivity contribution in [3.63, 3.8) is 0 Å². The van der Waals surface area contributed by atoms with Crippen LogP contribution in [-0.2, 0) is 4.65 Å². The average molecular weight is 146 g/mol. The van der Waals surface area contributed by atoms with Crippen LogP contribution in [0.15, 0.2) is 0 Å². The summed E-state index contributed by atoms with van der Waals surface area (Å²) in [6.45, 7) is 14.6. The van der Waals surface area contributed by atoms with E-state index in [-0.39, 0.29) is 6.10 Å². The Bertz CT molecular complexity index is 194. The molecule has 0 aromatic rings. The molecule has 0 aliphatic heterocycles. The molecule has 1 radical (unpaired) electrons. The van der Waals surface area contributed by atoms with Gasteiger partial charge in [-0.05, 0) is 0 Å². The van der Waals surface area contributed by atoms with Gasteiger partial charge in [0, 0.05) is 0 Å². The molecule has 0 amide bonds. The molecule has 0 unspecified atom stereocenters. The molecule has 0 saturated heterocycles. The molecule has 0 rings (SSSR count). The van der Waals surface area contributed by atoms with Crippen LogP contribution < -0.4 is 0 Å². The number of rotatable bonds is 5. The molecule has 9 heteroatoms. The fourth-order valence-electron chi connectivity index (χ4n) is 0.504. The van der Waals surface area contributed by atoms with Crippen LogP contribution in [0, 0.1) is 0 Å². The molecule has 49 valence electrons. The molecule has 0 aliphatic rings. The molecule has 0 fully saturated rings. The maximum absolute atomic E-state index is 5.16. The zero-order chi connectivity index (χ0) is 9.23. The van der Waals surface area contributed by atoms with E-state index >= 15 is 0 Å². The van der Waals surface area contributed by atoms with E-state index in [2.05, 4.69) is 0 Å². The predicted octanol–water partition coefficient (Wildman–Crippen LogP) is -2.17. The van der Waals surface area contributed by atoms with Crippen molar-refractivity contribution in [3.05, 3.63) is 0 Å². The third-order valence-corrected chi connectivity index (χ3v) is 0.985. The first kappa shape index (κ1) is 12.3. The molecule has 0 heterocycles. The van der Waals surface area contributed by atoms with Crippen molar-refractivity contribution in [2.75, 3.05) is 0 Å². The standard InChI is InChI=1S/C3H7B8O/c1-3(2)12-11-10-9-8-7-6-5-4/h3H,1-2H3. The van der Waals surface area contributed by atoms with E-state index in [0.29, 0.717) is 0 Å². The van der Waals surface area contributed by atoms with Crippen LogP contribution >= 0.6 is 0 Å². The van der Waals surface area contributed by atoms with Crippen LogP contribution in [0.2, 0.25) is 0 Å². The van der Waals surface area contributed by atoms with Gasteiger partial charge in [-0.2, -0.15) is 0 Å². The maximum atomic E-state index is 5.16. The van der Waals surface area contributed by atoms with Crippen LogP contribution in [0.5, 0.6) is 0 Å². The summed E-state index contributed by atoms with van der Waals surface area (Å²) < 4.78 is 5.16. The van der Waals surface area contributed by atoms with Gasteiger partial charge in [0.05, 0.1) is 0 Å². The molecule has 12 heavy (non-hydrogen) atoms. The molecule has 0 spiro atoms. The average Bonchev–Trinajstić information content (AvgIpc) is 2.02. The van der Waals surface area contributed by atoms with Crippen LogP contribution in [-0.4, -0.2) is 60.6 Å². The quantitative estimate of drug-likeness (QED) is 0.400. The van der Waals surface area contributed by atoms with Crippen LogP contribution in [0.4, 0.5) is 0 Å². The molecule has 0 saturated carbocycles. The summed E-state index contributed by atoms with van der Waals surface area (Å²) >= 11 is 0. The van der Waals surface area contributed by atoms with Gasteiger partial charge < -0.3 is 0 Å². The van der Waals surface area contributed by atoms with Gasteiger partial charge in [-0.1, -0.05) is 0 Å². The predicted molar refractivity (Wildman–Crippen MR) is 62.3 cm³/mol. The first-order chi connectivity index (χ1) is 5.77. The summed E-state index contributed by atoms with van der Waals surface area (Å²) in [5, 5.41) is 0. The fourth-order valence-corrected chi connectivity index (χ4v) is 0.504. The van der Waals surface area contributed by atoms with Crippen LogP contribution in [0.25, 0.3) is 0 Å². The third-order valence-electron chi connectivity index (χ3n) is 0.985. The number of hydrogen-bond acceptors (Lipinski definition) is 1. The van der Waals surface area contributed by atoms with Crippen molar-refractivity contribution in [1.29, 1.82) is 0 Å². The third kappa shape index (κ3) is 10.3. The summed E-state index contributed by atoms with van der Waals surface area (Å²) in [5.74, 6) is 0. The molecule has 0 atom stereocenters. The molecule has 1 nitrogen and oxygen atoms in total. The fraction of sp³-hybridized carbons (Fsp3) is 1.00. The van der Waals surface area contributed by atoms with Gasteiger partial charge in [-0.3, -0.25) is 0 Å². The Hall–Kier alpha value is 0.319. The molecule has 0 bridgehead atoms. The molecule has 0 aromatic heterocycles. The second kappa shape index (κ2) is 9.41. The van der Waals surface area contributed by atoms with Gasteiger partial charge >= 0.3 is 79.1 Å². The van der Waals surface area contributed by atoms with E-state index < -0.39 is 0 Å². The molecular weight excluding hydrogens is 139 g/mol. The van der Waals surface area contributed by atoms with Crippen LogP contribution in [0.3, 0.4) is 0 Å². The summed E-state index contributed by atoms with van der Waals surface area (Å²) in [4.78, 5) is 0. The molecule has 0 N–H and O–H groups in total. The topological polar surface area (TPSA) is 9.23 Å². The second-order valence-electron chi connectivity index (χ2n) is 2.48. The summed E-state index contributed by atoms with van der Waals surface area (Å²) in [6.07, 6.45) is 0.238. The van der Waals surface area contributed by atoms with Crippen molar-refractivity contribution >= 4 is 54.5 Å². The van der Waals surface area contributed by atoms with E-state index in [1.54, 1.807) is 13.7 Å². The Balaban J connectivity index is 3.52. The van der Waals surface area contributed by atoms with Gasteiger partial charge in [0.1, 0.15) is 0 Å². The summed E-state index contributed by atoms with van der Waals surface area (Å²) in [5.41, 5.74) is 0. The molecule has 0 aromatic carbocycles.